The number of benzene rings is 1. The molecule has 2 N–H and O–H groups in total. The van der Waals surface area contributed by atoms with Crippen molar-refractivity contribution < 1.29 is 13.2 Å². The summed E-state index contributed by atoms with van der Waals surface area (Å²) in [4.78, 5) is 13.5. The number of amides is 1. The lowest BCUT2D eigenvalue weighted by Gasteiger charge is -2.15. The van der Waals surface area contributed by atoms with E-state index in [-0.39, 0.29) is 24.5 Å². The average molecular weight is 336 g/mol. The van der Waals surface area contributed by atoms with Crippen LogP contribution in [0.3, 0.4) is 0 Å². The molecule has 1 aromatic carbocycles. The van der Waals surface area contributed by atoms with Crippen molar-refractivity contribution in [1.82, 2.24) is 14.7 Å². The number of hydrogen-bond donors (Lipinski definition) is 1. The third kappa shape index (κ3) is 5.50. The molecule has 0 aliphatic heterocycles. The minimum Gasteiger partial charge on any atom is -0.341 e. The second-order valence-electron chi connectivity index (χ2n) is 5.35. The number of carbonyl (C=O) groups is 1. The Labute approximate surface area is 135 Å². The van der Waals surface area contributed by atoms with Crippen LogP contribution in [0.5, 0.6) is 0 Å². The van der Waals surface area contributed by atoms with E-state index in [1.54, 1.807) is 22.8 Å². The summed E-state index contributed by atoms with van der Waals surface area (Å²) in [5, 5.41) is 9.19. The van der Waals surface area contributed by atoms with Crippen molar-refractivity contribution in [3.8, 4) is 5.69 Å². The summed E-state index contributed by atoms with van der Waals surface area (Å²) in [6.45, 7) is 0.418. The number of rotatable bonds is 7. The Hall–Kier alpha value is -2.19. The Morgan fingerprint density at radius 2 is 2.00 bits per heavy atom. The number of nitrogens with zero attached hydrogens (tertiary/aromatic N) is 3. The molecular formula is C15H20N4O3S. The van der Waals surface area contributed by atoms with Crippen LogP contribution in [0.2, 0.25) is 0 Å². The van der Waals surface area contributed by atoms with Crippen LogP contribution in [0.4, 0.5) is 0 Å². The molecule has 0 radical (unpaired) electrons. The van der Waals surface area contributed by atoms with Crippen molar-refractivity contribution in [3.63, 3.8) is 0 Å². The highest BCUT2D eigenvalue weighted by molar-refractivity contribution is 7.89. The molecule has 0 fully saturated rings. The zero-order chi connectivity index (χ0) is 16.9. The van der Waals surface area contributed by atoms with Gasteiger partial charge in [0.1, 0.15) is 0 Å². The molecule has 1 aromatic heterocycles. The van der Waals surface area contributed by atoms with Crippen LogP contribution in [-0.4, -0.2) is 41.8 Å². The van der Waals surface area contributed by atoms with Gasteiger partial charge < -0.3 is 4.90 Å². The zero-order valence-corrected chi connectivity index (χ0v) is 13.7. The second-order valence-corrected chi connectivity index (χ2v) is 7.08. The smallest absolute Gasteiger partial charge is 0.222 e. The van der Waals surface area contributed by atoms with E-state index in [0.717, 1.165) is 11.3 Å². The molecule has 2 aromatic rings. The Kier molecular flexibility index (Phi) is 5.51. The summed E-state index contributed by atoms with van der Waals surface area (Å²) in [5.41, 5.74) is 1.84. The van der Waals surface area contributed by atoms with Gasteiger partial charge in [0.2, 0.25) is 15.9 Å². The fraction of sp³-hybridized carbons (Fsp3) is 0.333. The van der Waals surface area contributed by atoms with Gasteiger partial charge in [0, 0.05) is 31.8 Å². The lowest BCUT2D eigenvalue weighted by Crippen LogP contribution is -2.27. The van der Waals surface area contributed by atoms with Crippen molar-refractivity contribution in [2.75, 3.05) is 12.8 Å². The summed E-state index contributed by atoms with van der Waals surface area (Å²) in [6, 6.07) is 9.68. The Bertz CT molecular complexity index is 756. The molecule has 124 valence electrons. The van der Waals surface area contributed by atoms with E-state index < -0.39 is 10.0 Å². The van der Waals surface area contributed by atoms with E-state index in [1.165, 1.54) is 0 Å². The van der Waals surface area contributed by atoms with Gasteiger partial charge >= 0.3 is 0 Å². The van der Waals surface area contributed by atoms with Crippen molar-refractivity contribution in [1.29, 1.82) is 0 Å². The van der Waals surface area contributed by atoms with Crippen LogP contribution in [0.25, 0.3) is 5.69 Å². The van der Waals surface area contributed by atoms with Crippen LogP contribution >= 0.6 is 0 Å². The van der Waals surface area contributed by atoms with Crippen LogP contribution < -0.4 is 5.14 Å². The number of sulfonamides is 1. The van der Waals surface area contributed by atoms with Gasteiger partial charge in [0.15, 0.2) is 0 Å². The normalized spacial score (nSPS) is 11.4. The molecule has 0 spiro atoms. The van der Waals surface area contributed by atoms with Gasteiger partial charge in [-0.2, -0.15) is 5.10 Å². The summed E-state index contributed by atoms with van der Waals surface area (Å²) in [6.07, 6.45) is 3.95. The molecule has 23 heavy (non-hydrogen) atoms. The summed E-state index contributed by atoms with van der Waals surface area (Å²) < 4.78 is 23.5. The molecule has 0 aliphatic rings. The van der Waals surface area contributed by atoms with Crippen molar-refractivity contribution in [2.24, 2.45) is 5.14 Å². The number of primary sulfonamides is 1. The number of para-hydroxylation sites is 1. The highest BCUT2D eigenvalue weighted by Crippen LogP contribution is 2.10. The molecule has 0 bridgehead atoms. The first kappa shape index (κ1) is 17.2. The number of aromatic nitrogens is 2. The van der Waals surface area contributed by atoms with Crippen LogP contribution in [0, 0.1) is 0 Å². The third-order valence-electron chi connectivity index (χ3n) is 3.32. The highest BCUT2D eigenvalue weighted by atomic mass is 32.2. The molecule has 7 nitrogen and oxygen atoms in total. The van der Waals surface area contributed by atoms with Crippen LogP contribution in [-0.2, 0) is 21.4 Å². The highest BCUT2D eigenvalue weighted by Gasteiger charge is 2.12. The first-order chi connectivity index (χ1) is 10.8. The van der Waals surface area contributed by atoms with Crippen LogP contribution in [0.15, 0.2) is 42.7 Å². The predicted octanol–water partition coefficient (Wildman–Crippen LogP) is 0.899. The van der Waals surface area contributed by atoms with E-state index in [9.17, 15) is 13.2 Å². The van der Waals surface area contributed by atoms with E-state index in [1.807, 2.05) is 36.5 Å². The maximum absolute atomic E-state index is 12.0. The second kappa shape index (κ2) is 7.38. The fourth-order valence-corrected chi connectivity index (χ4v) is 2.69. The number of nitrogens with two attached hydrogens (primary N) is 1. The van der Waals surface area contributed by atoms with Gasteiger partial charge in [-0.3, -0.25) is 4.79 Å². The van der Waals surface area contributed by atoms with E-state index in [2.05, 4.69) is 5.10 Å². The minimum atomic E-state index is -3.52. The van der Waals surface area contributed by atoms with Crippen molar-refractivity contribution in [2.45, 2.75) is 19.4 Å². The molecular weight excluding hydrogens is 316 g/mol. The fourth-order valence-electron chi connectivity index (χ4n) is 2.14. The average Bonchev–Trinajstić information content (AvgIpc) is 2.95. The standard InChI is InChI=1S/C15H20N4O3S/c1-18(15(20)8-5-9-23(16,21)22)11-13-10-17-19(12-13)14-6-3-2-4-7-14/h2-4,6-7,10,12H,5,8-9,11H2,1H3,(H2,16,21,22). The maximum Gasteiger partial charge on any atom is 0.222 e. The molecule has 0 aliphatic carbocycles. The first-order valence-electron chi connectivity index (χ1n) is 7.18. The van der Waals surface area contributed by atoms with Crippen LogP contribution in [0.1, 0.15) is 18.4 Å². The zero-order valence-electron chi connectivity index (χ0n) is 12.9. The monoisotopic (exact) mass is 336 g/mol. The topological polar surface area (TPSA) is 98.3 Å². The summed E-state index contributed by atoms with van der Waals surface area (Å²) in [7, 11) is -1.84. The van der Waals surface area contributed by atoms with E-state index in [4.69, 9.17) is 5.14 Å². The van der Waals surface area contributed by atoms with Gasteiger partial charge in [-0.25, -0.2) is 18.2 Å². The van der Waals surface area contributed by atoms with Gasteiger partial charge in [-0.05, 0) is 18.6 Å². The van der Waals surface area contributed by atoms with E-state index >= 15 is 0 Å². The number of carbonyl (C=O) groups excluding carboxylic acids is 1. The number of hydrogen-bond acceptors (Lipinski definition) is 4. The molecule has 8 heteroatoms. The van der Waals surface area contributed by atoms with Gasteiger partial charge in [-0.1, -0.05) is 18.2 Å². The van der Waals surface area contributed by atoms with Gasteiger partial charge in [-0.15, -0.1) is 0 Å². The molecule has 0 atom stereocenters. The van der Waals surface area contributed by atoms with Gasteiger partial charge in [0.05, 0.1) is 17.6 Å². The Balaban J connectivity index is 1.89. The lowest BCUT2D eigenvalue weighted by molar-refractivity contribution is -0.130. The first-order valence-corrected chi connectivity index (χ1v) is 8.90. The van der Waals surface area contributed by atoms with Crippen molar-refractivity contribution >= 4 is 15.9 Å². The van der Waals surface area contributed by atoms with Gasteiger partial charge in [0.25, 0.3) is 0 Å². The molecule has 2 rings (SSSR count). The molecule has 0 saturated carbocycles. The summed E-state index contributed by atoms with van der Waals surface area (Å²) in [5.74, 6) is -0.306. The van der Waals surface area contributed by atoms with E-state index in [0.29, 0.717) is 6.54 Å². The molecule has 0 saturated heterocycles. The molecule has 1 heterocycles. The summed E-state index contributed by atoms with van der Waals surface area (Å²) >= 11 is 0. The Morgan fingerprint density at radius 1 is 1.30 bits per heavy atom. The minimum absolute atomic E-state index is 0.124. The molecule has 0 unspecified atom stereocenters. The van der Waals surface area contributed by atoms with Crippen molar-refractivity contribution in [3.05, 3.63) is 48.3 Å². The molecule has 1 amide bonds. The lowest BCUT2D eigenvalue weighted by atomic mass is 10.2. The largest absolute Gasteiger partial charge is 0.341 e. The maximum atomic E-state index is 12.0. The Morgan fingerprint density at radius 3 is 2.65 bits per heavy atom. The quantitative estimate of drug-likeness (QED) is 0.812. The third-order valence-corrected chi connectivity index (χ3v) is 4.18. The predicted molar refractivity (Wildman–Crippen MR) is 87.2 cm³/mol. The SMILES string of the molecule is CN(Cc1cnn(-c2ccccc2)c1)C(=O)CCCS(N)(=O)=O.